The molecule has 258 valence electrons. The zero-order chi connectivity index (χ0) is 36.3. The highest BCUT2D eigenvalue weighted by atomic mass is 32.1. The Kier molecular flexibility index (Phi) is 7.39. The Bertz CT molecular complexity index is 3180. The molecule has 0 N–H and O–H groups in total. The third-order valence-electron chi connectivity index (χ3n) is 10.9. The predicted octanol–water partition coefficient (Wildman–Crippen LogP) is 15.6. The van der Waals surface area contributed by atoms with Crippen molar-refractivity contribution in [3.8, 4) is 33.4 Å². The lowest BCUT2D eigenvalue weighted by Gasteiger charge is -2.26. The van der Waals surface area contributed by atoms with Crippen LogP contribution < -0.4 is 4.90 Å². The fourth-order valence-corrected chi connectivity index (χ4v) is 9.49. The molecule has 9 aromatic carbocycles. The summed E-state index contributed by atoms with van der Waals surface area (Å²) in [4.78, 5) is 2.35. The molecule has 55 heavy (non-hydrogen) atoms. The van der Waals surface area contributed by atoms with Crippen LogP contribution in [0.5, 0.6) is 0 Å². The Hall–Kier alpha value is -6.94. The van der Waals surface area contributed by atoms with Crippen LogP contribution in [0.1, 0.15) is 0 Å². The van der Waals surface area contributed by atoms with Gasteiger partial charge in [0.05, 0.1) is 5.69 Å². The van der Waals surface area contributed by atoms with Crippen molar-refractivity contribution in [3.63, 3.8) is 0 Å². The molecule has 0 atom stereocenters. The third-order valence-corrected chi connectivity index (χ3v) is 12.1. The van der Waals surface area contributed by atoms with E-state index in [-0.39, 0.29) is 0 Å². The topological polar surface area (TPSA) is 16.4 Å². The van der Waals surface area contributed by atoms with Crippen LogP contribution in [0.2, 0.25) is 0 Å². The first kappa shape index (κ1) is 31.6. The van der Waals surface area contributed by atoms with Crippen molar-refractivity contribution in [1.82, 2.24) is 0 Å². The molecule has 0 spiro atoms. The Morgan fingerprint density at radius 3 is 1.73 bits per heavy atom. The van der Waals surface area contributed by atoms with Gasteiger partial charge in [0.15, 0.2) is 5.58 Å². The molecular formula is C52H33NOS. The van der Waals surface area contributed by atoms with Crippen LogP contribution in [-0.2, 0) is 0 Å². The average Bonchev–Trinajstić information content (AvgIpc) is 3.85. The summed E-state index contributed by atoms with van der Waals surface area (Å²) in [6.07, 6.45) is 0. The zero-order valence-electron chi connectivity index (χ0n) is 29.8. The van der Waals surface area contributed by atoms with Gasteiger partial charge in [0, 0.05) is 47.7 Å². The predicted molar refractivity (Wildman–Crippen MR) is 235 cm³/mol. The van der Waals surface area contributed by atoms with Crippen LogP contribution in [0.4, 0.5) is 17.1 Å². The molecule has 0 radical (unpaired) electrons. The van der Waals surface area contributed by atoms with Crippen LogP contribution in [0.3, 0.4) is 0 Å². The molecule has 2 heterocycles. The number of thiophene rings is 1. The summed E-state index contributed by atoms with van der Waals surface area (Å²) in [7, 11) is 0. The fraction of sp³-hybridized carbons (Fsp3) is 0. The minimum Gasteiger partial charge on any atom is -0.453 e. The molecule has 0 aliphatic rings. The van der Waals surface area contributed by atoms with E-state index in [1.165, 1.54) is 42.4 Å². The van der Waals surface area contributed by atoms with Gasteiger partial charge in [0.1, 0.15) is 5.58 Å². The summed E-state index contributed by atoms with van der Waals surface area (Å²) >= 11 is 1.87. The van der Waals surface area contributed by atoms with Crippen LogP contribution in [0.25, 0.3) is 86.3 Å². The van der Waals surface area contributed by atoms with E-state index in [4.69, 9.17) is 4.42 Å². The Morgan fingerprint density at radius 2 is 0.964 bits per heavy atom. The molecule has 0 unspecified atom stereocenters. The van der Waals surface area contributed by atoms with E-state index < -0.39 is 0 Å². The van der Waals surface area contributed by atoms with Crippen molar-refractivity contribution in [2.24, 2.45) is 0 Å². The highest BCUT2D eigenvalue weighted by Gasteiger charge is 2.23. The molecule has 0 aliphatic carbocycles. The summed E-state index contributed by atoms with van der Waals surface area (Å²) in [6, 6.07) is 71.9. The number of fused-ring (bicyclic) bond motifs is 8. The second-order valence-electron chi connectivity index (χ2n) is 14.0. The van der Waals surface area contributed by atoms with Gasteiger partial charge >= 0.3 is 0 Å². The molecule has 2 aromatic heterocycles. The van der Waals surface area contributed by atoms with Crippen molar-refractivity contribution in [2.75, 3.05) is 4.90 Å². The molecule has 0 aliphatic heterocycles. The van der Waals surface area contributed by atoms with Gasteiger partial charge in [-0.1, -0.05) is 158 Å². The van der Waals surface area contributed by atoms with Crippen molar-refractivity contribution in [2.45, 2.75) is 0 Å². The Labute approximate surface area is 322 Å². The summed E-state index contributed by atoms with van der Waals surface area (Å²) in [5.74, 6) is 0. The van der Waals surface area contributed by atoms with Gasteiger partial charge in [-0.15, -0.1) is 11.3 Å². The molecular weight excluding hydrogens is 687 g/mol. The molecule has 0 bridgehead atoms. The lowest BCUT2D eigenvalue weighted by Crippen LogP contribution is -2.10. The summed E-state index contributed by atoms with van der Waals surface area (Å²) in [5, 5.41) is 7.12. The molecule has 0 saturated heterocycles. The van der Waals surface area contributed by atoms with Gasteiger partial charge in [-0.2, -0.15) is 0 Å². The van der Waals surface area contributed by atoms with E-state index in [0.717, 1.165) is 60.9 Å². The van der Waals surface area contributed by atoms with Crippen LogP contribution >= 0.6 is 11.3 Å². The zero-order valence-corrected chi connectivity index (χ0v) is 30.6. The van der Waals surface area contributed by atoms with Crippen LogP contribution in [0, 0.1) is 0 Å². The van der Waals surface area contributed by atoms with E-state index in [1.807, 2.05) is 11.3 Å². The second kappa shape index (κ2) is 12.9. The molecule has 3 heteroatoms. The Balaban J connectivity index is 1.13. The van der Waals surface area contributed by atoms with Gasteiger partial charge in [0.2, 0.25) is 0 Å². The van der Waals surface area contributed by atoms with E-state index in [0.29, 0.717) is 0 Å². The monoisotopic (exact) mass is 719 g/mol. The normalized spacial score (nSPS) is 11.6. The fourth-order valence-electron chi connectivity index (χ4n) is 8.25. The minimum atomic E-state index is 0.860. The van der Waals surface area contributed by atoms with Gasteiger partial charge in [0.25, 0.3) is 0 Å². The first-order valence-electron chi connectivity index (χ1n) is 18.7. The lowest BCUT2D eigenvalue weighted by molar-refractivity contribution is 0.673. The molecule has 11 aromatic rings. The molecule has 11 rings (SSSR count). The standard InChI is InChI=1S/C52H33NOS/c1-3-12-34(13-4-1)35-22-27-39(28-23-35)53(40-29-24-38(25-30-40)43-19-11-20-45-44-18-9-10-21-48(44)55-52(43)45)47-33-32-41(36-14-5-2-6-15-36)49-46-31-26-37-16-7-8-17-42(37)50(46)54-51(47)49/h1-33H. The molecule has 0 saturated carbocycles. The molecule has 0 fully saturated rings. The van der Waals surface area contributed by atoms with Gasteiger partial charge in [-0.3, -0.25) is 0 Å². The highest BCUT2D eigenvalue weighted by Crippen LogP contribution is 2.48. The van der Waals surface area contributed by atoms with Crippen molar-refractivity contribution < 1.29 is 4.42 Å². The van der Waals surface area contributed by atoms with Crippen LogP contribution in [0.15, 0.2) is 205 Å². The number of nitrogens with zero attached hydrogens (tertiary/aromatic N) is 1. The van der Waals surface area contributed by atoms with Gasteiger partial charge in [-0.05, 0) is 81.2 Å². The number of furan rings is 1. The first-order chi connectivity index (χ1) is 27.3. The first-order valence-corrected chi connectivity index (χ1v) is 19.5. The minimum absolute atomic E-state index is 0.860. The number of hydrogen-bond donors (Lipinski definition) is 0. The largest absolute Gasteiger partial charge is 0.453 e. The maximum Gasteiger partial charge on any atom is 0.160 e. The number of rotatable bonds is 6. The second-order valence-corrected chi connectivity index (χ2v) is 15.1. The smallest absolute Gasteiger partial charge is 0.160 e. The van der Waals surface area contributed by atoms with E-state index in [2.05, 4.69) is 205 Å². The van der Waals surface area contributed by atoms with Crippen molar-refractivity contribution >= 4 is 81.3 Å². The number of hydrogen-bond acceptors (Lipinski definition) is 3. The van der Waals surface area contributed by atoms with E-state index >= 15 is 0 Å². The highest BCUT2D eigenvalue weighted by molar-refractivity contribution is 7.26. The van der Waals surface area contributed by atoms with Crippen molar-refractivity contribution in [3.05, 3.63) is 200 Å². The average molecular weight is 720 g/mol. The van der Waals surface area contributed by atoms with E-state index in [9.17, 15) is 0 Å². The van der Waals surface area contributed by atoms with Crippen molar-refractivity contribution in [1.29, 1.82) is 0 Å². The lowest BCUT2D eigenvalue weighted by atomic mass is 9.97. The molecule has 0 amide bonds. The maximum absolute atomic E-state index is 7.11. The number of anilines is 3. The Morgan fingerprint density at radius 1 is 0.364 bits per heavy atom. The summed E-state index contributed by atoms with van der Waals surface area (Å²) < 4.78 is 9.74. The SMILES string of the molecule is c1ccc(-c2ccc(N(c3ccc(-c4cccc5c4sc4ccccc45)cc3)c3ccc(-c4ccccc4)c4c3oc3c5ccccc5ccc34)cc2)cc1. The maximum atomic E-state index is 7.11. The summed E-state index contributed by atoms with van der Waals surface area (Å²) in [5.41, 5.74) is 12.0. The van der Waals surface area contributed by atoms with Gasteiger partial charge in [-0.25, -0.2) is 0 Å². The third kappa shape index (κ3) is 5.24. The van der Waals surface area contributed by atoms with Gasteiger partial charge < -0.3 is 9.32 Å². The number of benzene rings is 9. The quantitative estimate of drug-likeness (QED) is 0.170. The van der Waals surface area contributed by atoms with E-state index in [1.54, 1.807) is 0 Å². The summed E-state index contributed by atoms with van der Waals surface area (Å²) in [6.45, 7) is 0. The van der Waals surface area contributed by atoms with Crippen LogP contribution in [-0.4, -0.2) is 0 Å². The molecule has 2 nitrogen and oxygen atoms in total.